The minimum Gasteiger partial charge on any atom is -0.454 e. The van der Waals surface area contributed by atoms with E-state index >= 15 is 0 Å². The van der Waals surface area contributed by atoms with Crippen LogP contribution >= 0.6 is 0 Å². The Balaban J connectivity index is 2.09. The fraction of sp³-hybridized carbons (Fsp3) is 0.333. The van der Waals surface area contributed by atoms with Crippen LogP contribution in [0.25, 0.3) is 11.4 Å². The number of fused-ring (bicyclic) bond motifs is 1. The Morgan fingerprint density at radius 1 is 1.10 bits per heavy atom. The summed E-state index contributed by atoms with van der Waals surface area (Å²) in [6.45, 7) is 6.54. The van der Waals surface area contributed by atoms with E-state index in [1.807, 2.05) is 24.3 Å². The van der Waals surface area contributed by atoms with Gasteiger partial charge in [0.15, 0.2) is 17.3 Å². The van der Waals surface area contributed by atoms with Crippen molar-refractivity contribution < 1.29 is 9.47 Å². The van der Waals surface area contributed by atoms with Crippen LogP contribution < -0.4 is 20.7 Å². The van der Waals surface area contributed by atoms with Gasteiger partial charge in [-0.25, -0.2) is 15.8 Å². The number of aromatic nitrogens is 2. The lowest BCUT2D eigenvalue weighted by atomic mass is 9.92. The minimum atomic E-state index is -0.0976. The maximum atomic E-state index is 5.51. The van der Waals surface area contributed by atoms with Gasteiger partial charge in [0.05, 0.1) is 5.69 Å². The van der Waals surface area contributed by atoms with Gasteiger partial charge in [-0.15, -0.1) is 0 Å². The number of hydrogen-bond donors (Lipinski definition) is 2. The van der Waals surface area contributed by atoms with Gasteiger partial charge in [-0.3, -0.25) is 0 Å². The molecular formula is C15H18N4O2. The van der Waals surface area contributed by atoms with Crippen LogP contribution in [-0.2, 0) is 5.41 Å². The molecule has 1 aromatic heterocycles. The number of nitrogens with two attached hydrogens (primary N) is 1. The van der Waals surface area contributed by atoms with Crippen molar-refractivity contribution in [3.05, 3.63) is 30.0 Å². The SMILES string of the molecule is CC(C)(C)c1cc(NN)nc(-c2ccc3c(c2)OCO3)n1. The van der Waals surface area contributed by atoms with E-state index in [4.69, 9.17) is 15.3 Å². The van der Waals surface area contributed by atoms with Crippen LogP contribution in [-0.4, -0.2) is 16.8 Å². The monoisotopic (exact) mass is 286 g/mol. The highest BCUT2D eigenvalue weighted by Crippen LogP contribution is 2.35. The summed E-state index contributed by atoms with van der Waals surface area (Å²) in [5.41, 5.74) is 4.28. The largest absolute Gasteiger partial charge is 0.454 e. The molecule has 6 nitrogen and oxygen atoms in total. The average Bonchev–Trinajstić information content (AvgIpc) is 2.93. The number of hydrazine groups is 1. The minimum absolute atomic E-state index is 0.0976. The number of rotatable bonds is 2. The molecule has 0 amide bonds. The van der Waals surface area contributed by atoms with Crippen LogP contribution in [0.1, 0.15) is 26.5 Å². The highest BCUT2D eigenvalue weighted by Gasteiger charge is 2.20. The maximum Gasteiger partial charge on any atom is 0.231 e. The van der Waals surface area contributed by atoms with Gasteiger partial charge in [0, 0.05) is 17.0 Å². The molecule has 3 N–H and O–H groups in total. The van der Waals surface area contributed by atoms with Crippen LogP contribution in [0.3, 0.4) is 0 Å². The van der Waals surface area contributed by atoms with E-state index in [-0.39, 0.29) is 12.2 Å². The van der Waals surface area contributed by atoms with E-state index in [1.54, 1.807) is 0 Å². The lowest BCUT2D eigenvalue weighted by Gasteiger charge is -2.19. The third-order valence-electron chi connectivity index (χ3n) is 3.27. The first-order valence-electron chi connectivity index (χ1n) is 6.73. The van der Waals surface area contributed by atoms with E-state index in [1.165, 1.54) is 0 Å². The summed E-state index contributed by atoms with van der Waals surface area (Å²) in [4.78, 5) is 9.06. The van der Waals surface area contributed by atoms with Crippen LogP contribution in [0.2, 0.25) is 0 Å². The molecule has 0 fully saturated rings. The van der Waals surface area contributed by atoms with E-state index in [9.17, 15) is 0 Å². The molecule has 0 unspecified atom stereocenters. The second kappa shape index (κ2) is 4.89. The normalized spacial score (nSPS) is 13.3. The molecule has 0 aliphatic carbocycles. The van der Waals surface area contributed by atoms with Crippen LogP contribution in [0.4, 0.5) is 5.82 Å². The Kier molecular flexibility index (Phi) is 3.17. The molecule has 1 aliphatic rings. The average molecular weight is 286 g/mol. The maximum absolute atomic E-state index is 5.51. The molecule has 2 aromatic rings. The molecule has 6 heteroatoms. The zero-order chi connectivity index (χ0) is 15.0. The Hall–Kier alpha value is -2.34. The van der Waals surface area contributed by atoms with E-state index < -0.39 is 0 Å². The quantitative estimate of drug-likeness (QED) is 0.652. The molecule has 0 atom stereocenters. The molecule has 0 saturated heterocycles. The standard InChI is InChI=1S/C15H18N4O2/c1-15(2,3)12-7-13(19-16)18-14(17-12)9-4-5-10-11(6-9)21-8-20-10/h4-7H,8,16H2,1-3H3,(H,17,18,19). The van der Waals surface area contributed by atoms with Crippen molar-refractivity contribution in [1.29, 1.82) is 0 Å². The summed E-state index contributed by atoms with van der Waals surface area (Å²) in [5, 5.41) is 0. The second-order valence-corrected chi connectivity index (χ2v) is 5.92. The van der Waals surface area contributed by atoms with Crippen LogP contribution in [0, 0.1) is 0 Å². The molecule has 0 spiro atoms. The molecule has 0 radical (unpaired) electrons. The molecule has 2 heterocycles. The summed E-state index contributed by atoms with van der Waals surface area (Å²) in [5.74, 6) is 8.15. The van der Waals surface area contributed by atoms with Crippen LogP contribution in [0.15, 0.2) is 24.3 Å². The predicted molar refractivity (Wildman–Crippen MR) is 80.1 cm³/mol. The summed E-state index contributed by atoms with van der Waals surface area (Å²) >= 11 is 0. The molecule has 1 aromatic carbocycles. The molecule has 3 rings (SSSR count). The number of ether oxygens (including phenoxy) is 2. The molecular weight excluding hydrogens is 268 g/mol. The van der Waals surface area contributed by atoms with E-state index in [2.05, 4.69) is 36.2 Å². The molecule has 0 saturated carbocycles. The third kappa shape index (κ3) is 2.62. The van der Waals surface area contributed by atoms with E-state index in [0.717, 1.165) is 17.0 Å². The number of benzene rings is 1. The Labute approximate surface area is 123 Å². The highest BCUT2D eigenvalue weighted by atomic mass is 16.7. The third-order valence-corrected chi connectivity index (χ3v) is 3.27. The Bertz CT molecular complexity index is 680. The van der Waals surface area contributed by atoms with Crippen molar-refractivity contribution in [1.82, 2.24) is 9.97 Å². The summed E-state index contributed by atoms with van der Waals surface area (Å²) < 4.78 is 10.7. The van der Waals surface area contributed by atoms with Crippen molar-refractivity contribution in [2.75, 3.05) is 12.2 Å². The number of nitrogen functional groups attached to an aromatic ring is 1. The van der Waals surface area contributed by atoms with Crippen molar-refractivity contribution in [2.45, 2.75) is 26.2 Å². The lowest BCUT2D eigenvalue weighted by Crippen LogP contribution is -2.17. The zero-order valence-corrected chi connectivity index (χ0v) is 12.3. The molecule has 0 bridgehead atoms. The van der Waals surface area contributed by atoms with E-state index in [0.29, 0.717) is 17.4 Å². The fourth-order valence-corrected chi connectivity index (χ4v) is 2.07. The van der Waals surface area contributed by atoms with Gasteiger partial charge in [-0.05, 0) is 18.2 Å². The Morgan fingerprint density at radius 2 is 1.86 bits per heavy atom. The number of nitrogens with zero attached hydrogens (tertiary/aromatic N) is 2. The van der Waals surface area contributed by atoms with Crippen molar-refractivity contribution >= 4 is 5.82 Å². The van der Waals surface area contributed by atoms with Gasteiger partial charge in [-0.1, -0.05) is 20.8 Å². The summed E-state index contributed by atoms with van der Waals surface area (Å²) in [6, 6.07) is 7.51. The molecule has 1 aliphatic heterocycles. The number of nitrogens with one attached hydrogen (secondary N) is 1. The van der Waals surface area contributed by atoms with Crippen LogP contribution in [0.5, 0.6) is 11.5 Å². The van der Waals surface area contributed by atoms with Gasteiger partial charge in [-0.2, -0.15) is 0 Å². The smallest absolute Gasteiger partial charge is 0.231 e. The van der Waals surface area contributed by atoms with Gasteiger partial charge in [0.25, 0.3) is 0 Å². The van der Waals surface area contributed by atoms with Gasteiger partial charge in [0.1, 0.15) is 5.82 Å². The number of hydrogen-bond acceptors (Lipinski definition) is 6. The first kappa shape index (κ1) is 13.6. The molecule has 110 valence electrons. The summed E-state index contributed by atoms with van der Waals surface area (Å²) in [6.07, 6.45) is 0. The van der Waals surface area contributed by atoms with Crippen molar-refractivity contribution in [2.24, 2.45) is 5.84 Å². The fourth-order valence-electron chi connectivity index (χ4n) is 2.07. The zero-order valence-electron chi connectivity index (χ0n) is 12.3. The second-order valence-electron chi connectivity index (χ2n) is 5.92. The predicted octanol–water partition coefficient (Wildman–Crippen LogP) is 2.46. The highest BCUT2D eigenvalue weighted by molar-refractivity contribution is 5.63. The number of anilines is 1. The molecule has 21 heavy (non-hydrogen) atoms. The van der Waals surface area contributed by atoms with Gasteiger partial charge < -0.3 is 14.9 Å². The lowest BCUT2D eigenvalue weighted by molar-refractivity contribution is 0.174. The first-order chi connectivity index (χ1) is 9.97. The van der Waals surface area contributed by atoms with Crippen molar-refractivity contribution in [3.63, 3.8) is 0 Å². The first-order valence-corrected chi connectivity index (χ1v) is 6.73. The topological polar surface area (TPSA) is 82.3 Å². The van der Waals surface area contributed by atoms with Gasteiger partial charge >= 0.3 is 0 Å². The van der Waals surface area contributed by atoms with Crippen molar-refractivity contribution in [3.8, 4) is 22.9 Å². The Morgan fingerprint density at radius 3 is 2.57 bits per heavy atom. The summed E-state index contributed by atoms with van der Waals surface area (Å²) in [7, 11) is 0. The van der Waals surface area contributed by atoms with Gasteiger partial charge in [0.2, 0.25) is 6.79 Å².